The van der Waals surface area contributed by atoms with Crippen LogP contribution in [0.15, 0.2) is 46.7 Å². The molecule has 0 atom stereocenters. The topological polar surface area (TPSA) is 71.3 Å². The lowest BCUT2D eigenvalue weighted by atomic mass is 10.2. The maximum Gasteiger partial charge on any atom is 0.278 e. The molecule has 0 N–H and O–H groups in total. The largest absolute Gasteiger partial charge is 0.345 e. The number of aryl methyl sites for hydroxylation is 1. The fraction of sp³-hybridized carbons (Fsp3) is 0.263. The number of amides is 1. The Balaban J connectivity index is 1.59. The molecule has 9 heteroatoms. The standard InChI is InChI=1S/C19H18ClN5O2S/c1-13-12-16(26)17(22-25(13)15-5-3-2-4-14(15)20)18(27)23-7-9-24(10-8-23)19-21-6-11-28-19/h2-6,11-12H,7-10H2,1H3. The molecule has 0 bridgehead atoms. The lowest BCUT2D eigenvalue weighted by Crippen LogP contribution is -2.50. The van der Waals surface area contributed by atoms with Crippen LogP contribution in [0.25, 0.3) is 5.69 Å². The minimum atomic E-state index is -0.381. The van der Waals surface area contributed by atoms with Gasteiger partial charge in [0, 0.05) is 49.5 Å². The molecule has 1 aromatic carbocycles. The molecule has 0 saturated carbocycles. The first-order valence-electron chi connectivity index (χ1n) is 8.84. The first-order valence-corrected chi connectivity index (χ1v) is 10.1. The summed E-state index contributed by atoms with van der Waals surface area (Å²) in [4.78, 5) is 33.6. The molecule has 1 amide bonds. The second-order valence-electron chi connectivity index (χ2n) is 6.46. The molecule has 144 valence electrons. The highest BCUT2D eigenvalue weighted by atomic mass is 35.5. The van der Waals surface area contributed by atoms with E-state index in [1.165, 1.54) is 6.07 Å². The quantitative estimate of drug-likeness (QED) is 0.657. The van der Waals surface area contributed by atoms with Crippen molar-refractivity contribution in [1.29, 1.82) is 0 Å². The van der Waals surface area contributed by atoms with Crippen molar-refractivity contribution in [2.75, 3.05) is 31.1 Å². The first-order chi connectivity index (χ1) is 13.5. The number of para-hydroxylation sites is 1. The number of hydrogen-bond donors (Lipinski definition) is 0. The number of anilines is 1. The van der Waals surface area contributed by atoms with Gasteiger partial charge in [0.1, 0.15) is 0 Å². The predicted molar refractivity (Wildman–Crippen MR) is 110 cm³/mol. The fourth-order valence-corrected chi connectivity index (χ4v) is 4.10. The monoisotopic (exact) mass is 415 g/mol. The molecule has 0 aliphatic carbocycles. The van der Waals surface area contributed by atoms with E-state index in [1.807, 2.05) is 17.5 Å². The molecule has 0 unspecified atom stereocenters. The average molecular weight is 416 g/mol. The van der Waals surface area contributed by atoms with Crippen molar-refractivity contribution in [1.82, 2.24) is 19.7 Å². The summed E-state index contributed by atoms with van der Waals surface area (Å²) in [6.45, 7) is 4.13. The van der Waals surface area contributed by atoms with E-state index >= 15 is 0 Å². The normalized spacial score (nSPS) is 14.4. The number of hydrogen-bond acceptors (Lipinski definition) is 6. The zero-order valence-corrected chi connectivity index (χ0v) is 16.8. The van der Waals surface area contributed by atoms with Crippen LogP contribution in [-0.2, 0) is 0 Å². The summed E-state index contributed by atoms with van der Waals surface area (Å²) in [5.41, 5.74) is 0.772. The molecule has 4 rings (SSSR count). The van der Waals surface area contributed by atoms with Gasteiger partial charge in [-0.05, 0) is 19.1 Å². The number of rotatable bonds is 3. The van der Waals surface area contributed by atoms with E-state index in [-0.39, 0.29) is 17.0 Å². The summed E-state index contributed by atoms with van der Waals surface area (Å²) in [5, 5.41) is 7.73. The number of piperazine rings is 1. The Morgan fingerprint density at radius 1 is 1.18 bits per heavy atom. The van der Waals surface area contributed by atoms with Crippen LogP contribution in [0.1, 0.15) is 16.2 Å². The van der Waals surface area contributed by atoms with Crippen LogP contribution in [-0.4, -0.2) is 51.8 Å². The van der Waals surface area contributed by atoms with Crippen molar-refractivity contribution >= 4 is 34.0 Å². The van der Waals surface area contributed by atoms with E-state index in [1.54, 1.807) is 46.2 Å². The van der Waals surface area contributed by atoms with Gasteiger partial charge in [-0.1, -0.05) is 23.7 Å². The molecule has 1 fully saturated rings. The Hall–Kier alpha value is -2.71. The third kappa shape index (κ3) is 3.53. The van der Waals surface area contributed by atoms with Crippen LogP contribution >= 0.6 is 22.9 Å². The number of benzene rings is 1. The lowest BCUT2D eigenvalue weighted by molar-refractivity contribution is 0.0737. The summed E-state index contributed by atoms with van der Waals surface area (Å²) >= 11 is 7.84. The fourth-order valence-electron chi connectivity index (χ4n) is 3.19. The summed E-state index contributed by atoms with van der Waals surface area (Å²) in [5.74, 6) is -0.357. The molecule has 7 nitrogen and oxygen atoms in total. The molecule has 3 heterocycles. The second-order valence-corrected chi connectivity index (χ2v) is 7.74. The van der Waals surface area contributed by atoms with Crippen LogP contribution in [0.3, 0.4) is 0 Å². The van der Waals surface area contributed by atoms with E-state index in [0.29, 0.717) is 42.6 Å². The molecule has 28 heavy (non-hydrogen) atoms. The van der Waals surface area contributed by atoms with Gasteiger partial charge in [0.2, 0.25) is 5.43 Å². The van der Waals surface area contributed by atoms with Crippen LogP contribution in [0.4, 0.5) is 5.13 Å². The SMILES string of the molecule is Cc1cc(=O)c(C(=O)N2CCN(c3nccs3)CC2)nn1-c1ccccc1Cl. The predicted octanol–water partition coefficient (Wildman–Crippen LogP) is 2.61. The summed E-state index contributed by atoms with van der Waals surface area (Å²) in [6.07, 6.45) is 1.77. The Morgan fingerprint density at radius 3 is 2.61 bits per heavy atom. The summed E-state index contributed by atoms with van der Waals surface area (Å²) < 4.78 is 1.54. The van der Waals surface area contributed by atoms with Crippen LogP contribution in [0.5, 0.6) is 0 Å². The molecule has 1 aliphatic rings. The maximum absolute atomic E-state index is 13.0. The Morgan fingerprint density at radius 2 is 1.93 bits per heavy atom. The van der Waals surface area contributed by atoms with Crippen molar-refractivity contribution in [2.24, 2.45) is 0 Å². The minimum absolute atomic E-state index is 0.0896. The molecule has 0 spiro atoms. The molecule has 2 aromatic heterocycles. The van der Waals surface area contributed by atoms with Gasteiger partial charge < -0.3 is 9.80 Å². The molecule has 3 aromatic rings. The highest BCUT2D eigenvalue weighted by Gasteiger charge is 2.26. The van der Waals surface area contributed by atoms with Gasteiger partial charge in [-0.2, -0.15) is 5.10 Å². The lowest BCUT2D eigenvalue weighted by Gasteiger charge is -2.34. The average Bonchev–Trinajstić information content (AvgIpc) is 3.23. The minimum Gasteiger partial charge on any atom is -0.345 e. The van der Waals surface area contributed by atoms with Gasteiger partial charge >= 0.3 is 0 Å². The van der Waals surface area contributed by atoms with Crippen LogP contribution in [0.2, 0.25) is 5.02 Å². The number of aromatic nitrogens is 3. The van der Waals surface area contributed by atoms with Crippen molar-refractivity contribution in [3.05, 3.63) is 68.5 Å². The number of nitrogens with zero attached hydrogens (tertiary/aromatic N) is 5. The van der Waals surface area contributed by atoms with E-state index in [2.05, 4.69) is 15.0 Å². The molecule has 0 radical (unpaired) electrons. The van der Waals surface area contributed by atoms with Gasteiger partial charge in [-0.15, -0.1) is 11.3 Å². The van der Waals surface area contributed by atoms with Crippen molar-refractivity contribution in [3.8, 4) is 5.69 Å². The molecule has 1 saturated heterocycles. The number of thiazole rings is 1. The molecule has 1 aliphatic heterocycles. The third-order valence-electron chi connectivity index (χ3n) is 4.65. The van der Waals surface area contributed by atoms with Crippen molar-refractivity contribution < 1.29 is 4.79 Å². The first kappa shape index (κ1) is 18.6. The number of carbonyl (C=O) groups is 1. The van der Waals surface area contributed by atoms with Crippen LogP contribution in [0, 0.1) is 6.92 Å². The number of halogens is 1. The summed E-state index contributed by atoms with van der Waals surface area (Å²) in [7, 11) is 0. The smallest absolute Gasteiger partial charge is 0.278 e. The number of carbonyl (C=O) groups excluding carboxylic acids is 1. The Bertz CT molecular complexity index is 1060. The van der Waals surface area contributed by atoms with Crippen LogP contribution < -0.4 is 10.3 Å². The van der Waals surface area contributed by atoms with Gasteiger partial charge in [0.05, 0.1) is 10.7 Å². The van der Waals surface area contributed by atoms with E-state index < -0.39 is 0 Å². The molecular weight excluding hydrogens is 398 g/mol. The van der Waals surface area contributed by atoms with E-state index in [4.69, 9.17) is 11.6 Å². The van der Waals surface area contributed by atoms with Crippen molar-refractivity contribution in [3.63, 3.8) is 0 Å². The zero-order valence-electron chi connectivity index (χ0n) is 15.2. The Kier molecular flexibility index (Phi) is 5.15. The second kappa shape index (κ2) is 7.73. The molecular formula is C19H18ClN5O2S. The van der Waals surface area contributed by atoms with Crippen molar-refractivity contribution in [2.45, 2.75) is 6.92 Å². The zero-order chi connectivity index (χ0) is 19.7. The van der Waals surface area contributed by atoms with Gasteiger partial charge in [-0.25, -0.2) is 9.67 Å². The van der Waals surface area contributed by atoms with E-state index in [0.717, 1.165) is 5.13 Å². The Labute approximate surface area is 170 Å². The maximum atomic E-state index is 13.0. The van der Waals surface area contributed by atoms with Gasteiger partial charge in [0.15, 0.2) is 10.8 Å². The third-order valence-corrected chi connectivity index (χ3v) is 5.80. The highest BCUT2D eigenvalue weighted by Crippen LogP contribution is 2.21. The van der Waals surface area contributed by atoms with Gasteiger partial charge in [-0.3, -0.25) is 9.59 Å². The van der Waals surface area contributed by atoms with E-state index in [9.17, 15) is 9.59 Å². The van der Waals surface area contributed by atoms with Gasteiger partial charge in [0.25, 0.3) is 5.91 Å². The highest BCUT2D eigenvalue weighted by molar-refractivity contribution is 7.13. The summed E-state index contributed by atoms with van der Waals surface area (Å²) in [6, 6.07) is 8.62.